The van der Waals surface area contributed by atoms with Gasteiger partial charge in [-0.25, -0.2) is 9.38 Å². The van der Waals surface area contributed by atoms with Crippen molar-refractivity contribution in [3.8, 4) is 6.07 Å². The van der Waals surface area contributed by atoms with Gasteiger partial charge in [0.05, 0.1) is 36.0 Å². The molecule has 0 saturated carbocycles. The van der Waals surface area contributed by atoms with Crippen molar-refractivity contribution in [2.75, 3.05) is 18.5 Å². The molecular weight excluding hydrogens is 349 g/mol. The predicted octanol–water partition coefficient (Wildman–Crippen LogP) is 2.23. The second-order valence-electron chi connectivity index (χ2n) is 6.34. The molecule has 1 fully saturated rings. The number of pyridine rings is 1. The molecule has 1 aliphatic rings. The summed E-state index contributed by atoms with van der Waals surface area (Å²) in [5.41, 5.74) is 5.52. The molecule has 4 N–H and O–H groups in total. The summed E-state index contributed by atoms with van der Waals surface area (Å²) in [4.78, 5) is 19.3. The highest BCUT2D eigenvalue weighted by atomic mass is 19.1. The lowest BCUT2D eigenvalue weighted by Crippen LogP contribution is -2.53. The van der Waals surface area contributed by atoms with Crippen molar-refractivity contribution < 1.29 is 9.13 Å². The maximum Gasteiger partial charge on any atom is 0.261 e. The van der Waals surface area contributed by atoms with Gasteiger partial charge in [0.1, 0.15) is 17.6 Å². The smallest absolute Gasteiger partial charge is 0.261 e. The van der Waals surface area contributed by atoms with Crippen LogP contribution in [-0.4, -0.2) is 35.7 Å². The van der Waals surface area contributed by atoms with Gasteiger partial charge in [-0.05, 0) is 24.6 Å². The topological polar surface area (TPSA) is 116 Å². The molecule has 0 spiro atoms. The van der Waals surface area contributed by atoms with E-state index in [1.54, 1.807) is 30.3 Å². The van der Waals surface area contributed by atoms with Gasteiger partial charge < -0.3 is 20.8 Å². The molecule has 1 aliphatic heterocycles. The zero-order chi connectivity index (χ0) is 19.3. The van der Waals surface area contributed by atoms with Gasteiger partial charge in [0, 0.05) is 12.8 Å². The molecule has 0 radical (unpaired) electrons. The average Bonchev–Trinajstić information content (AvgIpc) is 2.65. The van der Waals surface area contributed by atoms with Crippen LogP contribution < -0.4 is 16.6 Å². The van der Waals surface area contributed by atoms with E-state index in [1.165, 1.54) is 6.20 Å². The molecule has 0 amide bonds. The third-order valence-corrected chi connectivity index (χ3v) is 4.56. The number of para-hydroxylation sites is 1. The number of amidine groups is 1. The molecule has 0 aliphatic carbocycles. The lowest BCUT2D eigenvalue weighted by atomic mass is 9.85. The summed E-state index contributed by atoms with van der Waals surface area (Å²) >= 11 is 0. The van der Waals surface area contributed by atoms with E-state index in [2.05, 4.69) is 15.3 Å². The minimum Gasteiger partial charge on any atom is -0.383 e. The van der Waals surface area contributed by atoms with Crippen LogP contribution in [0.3, 0.4) is 0 Å². The Morgan fingerprint density at radius 1 is 1.44 bits per heavy atom. The van der Waals surface area contributed by atoms with Gasteiger partial charge in [-0.1, -0.05) is 18.2 Å². The van der Waals surface area contributed by atoms with Crippen molar-refractivity contribution >= 4 is 17.2 Å². The largest absolute Gasteiger partial charge is 0.383 e. The van der Waals surface area contributed by atoms with Gasteiger partial charge in [0.25, 0.3) is 5.56 Å². The third-order valence-electron chi connectivity index (χ3n) is 4.56. The van der Waals surface area contributed by atoms with Crippen molar-refractivity contribution in [3.05, 3.63) is 58.5 Å². The summed E-state index contributed by atoms with van der Waals surface area (Å²) in [6, 6.07) is 12.6. The molecule has 7 nitrogen and oxygen atoms in total. The molecule has 2 aromatic rings. The summed E-state index contributed by atoms with van der Waals surface area (Å²) in [6.07, 6.45) is 0.269. The number of nitrogens with two attached hydrogens (primary N) is 1. The van der Waals surface area contributed by atoms with Crippen molar-refractivity contribution in [2.24, 2.45) is 10.7 Å². The standard InChI is InChI=1S/C19H20FN5O2/c20-15-12-27-11-8-19(15,7-9-21)25-14-6-10-23-18(26)16(14)17(22)24-13-4-2-1-3-5-13/h1-6,10,15H,7-8,11-12H2,(H2,22,24)(H2,23,25,26)/t15?,19-/m1/s1. The number of hydrogen-bond donors (Lipinski definition) is 3. The van der Waals surface area contributed by atoms with E-state index in [9.17, 15) is 14.4 Å². The van der Waals surface area contributed by atoms with Crippen LogP contribution >= 0.6 is 0 Å². The molecule has 27 heavy (non-hydrogen) atoms. The lowest BCUT2D eigenvalue weighted by molar-refractivity contribution is -0.00634. The highest BCUT2D eigenvalue weighted by molar-refractivity contribution is 6.03. The fourth-order valence-electron chi connectivity index (χ4n) is 3.09. The highest BCUT2D eigenvalue weighted by Crippen LogP contribution is 2.32. The molecule has 1 aromatic carbocycles. The predicted molar refractivity (Wildman–Crippen MR) is 101 cm³/mol. The lowest BCUT2D eigenvalue weighted by Gasteiger charge is -2.40. The van der Waals surface area contributed by atoms with Gasteiger partial charge >= 0.3 is 0 Å². The summed E-state index contributed by atoms with van der Waals surface area (Å²) in [7, 11) is 0. The third kappa shape index (κ3) is 3.99. The summed E-state index contributed by atoms with van der Waals surface area (Å²) in [6.45, 7) is 0.210. The SMILES string of the molecule is N#CC[C@@]1(Nc2cc[nH]c(=O)c2C(N)=Nc2ccccc2)CCOCC1F. The molecule has 2 atom stereocenters. The minimum absolute atomic E-state index is 0.000116. The number of hydrogen-bond acceptors (Lipinski definition) is 5. The monoisotopic (exact) mass is 369 g/mol. The Kier molecular flexibility index (Phi) is 5.52. The Bertz CT molecular complexity index is 922. The number of nitrogens with zero attached hydrogens (tertiary/aromatic N) is 2. The Hall–Kier alpha value is -3.18. The number of aromatic amines is 1. The first-order valence-electron chi connectivity index (χ1n) is 8.54. The van der Waals surface area contributed by atoms with E-state index in [0.717, 1.165) is 0 Å². The number of nitrogens with one attached hydrogen (secondary N) is 2. The van der Waals surface area contributed by atoms with E-state index in [1.807, 2.05) is 12.1 Å². The van der Waals surface area contributed by atoms with Gasteiger partial charge in [-0.2, -0.15) is 5.26 Å². The van der Waals surface area contributed by atoms with Crippen LogP contribution in [0.5, 0.6) is 0 Å². The quantitative estimate of drug-likeness (QED) is 0.552. The van der Waals surface area contributed by atoms with Gasteiger partial charge in [-0.15, -0.1) is 0 Å². The maximum absolute atomic E-state index is 14.7. The zero-order valence-electron chi connectivity index (χ0n) is 14.6. The second-order valence-corrected chi connectivity index (χ2v) is 6.34. The molecule has 1 unspecified atom stereocenters. The first-order chi connectivity index (χ1) is 13.1. The van der Waals surface area contributed by atoms with Crippen LogP contribution in [0.1, 0.15) is 18.4 Å². The number of rotatable bonds is 5. The Morgan fingerprint density at radius 2 is 2.22 bits per heavy atom. The minimum atomic E-state index is -1.40. The van der Waals surface area contributed by atoms with E-state index in [-0.39, 0.29) is 24.4 Å². The normalized spacial score (nSPS) is 22.8. The van der Waals surface area contributed by atoms with Crippen LogP contribution in [0.2, 0.25) is 0 Å². The number of aromatic nitrogens is 1. The van der Waals surface area contributed by atoms with Crippen LogP contribution in [-0.2, 0) is 4.74 Å². The van der Waals surface area contributed by atoms with Gasteiger partial charge in [-0.3, -0.25) is 4.79 Å². The van der Waals surface area contributed by atoms with Crippen molar-refractivity contribution in [1.82, 2.24) is 4.98 Å². The molecular formula is C19H20FN5O2. The van der Waals surface area contributed by atoms with Gasteiger partial charge in [0.15, 0.2) is 0 Å². The molecule has 3 rings (SSSR count). The van der Waals surface area contributed by atoms with E-state index < -0.39 is 17.3 Å². The number of alkyl halides is 1. The number of nitriles is 1. The Morgan fingerprint density at radius 3 is 2.93 bits per heavy atom. The highest BCUT2D eigenvalue weighted by Gasteiger charge is 2.42. The first-order valence-corrected chi connectivity index (χ1v) is 8.54. The summed E-state index contributed by atoms with van der Waals surface area (Å²) < 4.78 is 19.8. The fourth-order valence-corrected chi connectivity index (χ4v) is 3.09. The van der Waals surface area contributed by atoms with E-state index >= 15 is 0 Å². The van der Waals surface area contributed by atoms with Crippen LogP contribution in [0, 0.1) is 11.3 Å². The first kappa shape index (κ1) is 18.6. The van der Waals surface area contributed by atoms with Crippen LogP contribution in [0.15, 0.2) is 52.4 Å². The molecule has 140 valence electrons. The van der Waals surface area contributed by atoms with Gasteiger partial charge in [0.2, 0.25) is 0 Å². The number of H-pyrrole nitrogens is 1. The fraction of sp³-hybridized carbons (Fsp3) is 0.316. The number of anilines is 1. The molecule has 0 bridgehead atoms. The number of halogens is 1. The van der Waals surface area contributed by atoms with Crippen molar-refractivity contribution in [2.45, 2.75) is 24.6 Å². The number of ether oxygens (including phenoxy) is 1. The van der Waals surface area contributed by atoms with Crippen LogP contribution in [0.4, 0.5) is 15.8 Å². The average molecular weight is 369 g/mol. The molecule has 1 aromatic heterocycles. The zero-order valence-corrected chi connectivity index (χ0v) is 14.6. The molecule has 2 heterocycles. The maximum atomic E-state index is 14.7. The molecule has 8 heteroatoms. The molecule has 1 saturated heterocycles. The summed E-state index contributed by atoms with van der Waals surface area (Å²) in [5.74, 6) is 0.000116. The van der Waals surface area contributed by atoms with Crippen LogP contribution in [0.25, 0.3) is 0 Å². The van der Waals surface area contributed by atoms with E-state index in [4.69, 9.17) is 10.5 Å². The van der Waals surface area contributed by atoms with E-state index in [0.29, 0.717) is 24.4 Å². The Balaban J connectivity index is 2.02. The second kappa shape index (κ2) is 8.01. The van der Waals surface area contributed by atoms with Crippen molar-refractivity contribution in [3.63, 3.8) is 0 Å². The van der Waals surface area contributed by atoms with Crippen molar-refractivity contribution in [1.29, 1.82) is 5.26 Å². The Labute approximate surface area is 155 Å². The summed E-state index contributed by atoms with van der Waals surface area (Å²) in [5, 5.41) is 12.3. The number of aliphatic imine (C=N–C) groups is 1. The number of benzene rings is 1.